The lowest BCUT2D eigenvalue weighted by atomic mass is 10.1. The highest BCUT2D eigenvalue weighted by Gasteiger charge is 2.50. The van der Waals surface area contributed by atoms with E-state index in [0.717, 1.165) is 16.6 Å². The number of nitrogens with zero attached hydrogens (tertiary/aromatic N) is 2. The van der Waals surface area contributed by atoms with E-state index in [1.54, 1.807) is 19.2 Å². The average molecular weight is 349 g/mol. The molecule has 0 radical (unpaired) electrons. The Morgan fingerprint density at radius 2 is 2.08 bits per heavy atom. The van der Waals surface area contributed by atoms with E-state index < -0.39 is 5.54 Å². The van der Waals surface area contributed by atoms with Gasteiger partial charge in [-0.1, -0.05) is 0 Å². The van der Waals surface area contributed by atoms with Crippen LogP contribution in [0.3, 0.4) is 0 Å². The molecule has 3 aromatic rings. The van der Waals surface area contributed by atoms with E-state index in [1.807, 2.05) is 6.07 Å². The van der Waals surface area contributed by atoms with Crippen molar-refractivity contribution in [1.82, 2.24) is 15.3 Å². The number of H-pyrrole nitrogens is 1. The fourth-order valence-electron chi connectivity index (χ4n) is 3.09. The van der Waals surface area contributed by atoms with Crippen LogP contribution in [0.15, 0.2) is 36.5 Å². The number of halogens is 1. The van der Waals surface area contributed by atoms with Crippen LogP contribution >= 0.6 is 0 Å². The molecule has 2 aromatic heterocycles. The SMILES string of the molecule is CNC(=O)C1(Nc2c(C#N)cnc3[nH]c(-c4ccc(F)cc4)cc23)CC1. The van der Waals surface area contributed by atoms with Crippen LogP contribution in [0.1, 0.15) is 18.4 Å². The second kappa shape index (κ2) is 5.85. The van der Waals surface area contributed by atoms with E-state index in [9.17, 15) is 14.4 Å². The van der Waals surface area contributed by atoms with Crippen molar-refractivity contribution in [1.29, 1.82) is 5.26 Å². The summed E-state index contributed by atoms with van der Waals surface area (Å²) in [6.07, 6.45) is 2.89. The molecule has 0 saturated heterocycles. The number of aromatic nitrogens is 2. The summed E-state index contributed by atoms with van der Waals surface area (Å²) in [5.74, 6) is -0.404. The van der Waals surface area contributed by atoms with Crippen LogP contribution in [-0.4, -0.2) is 28.5 Å². The molecule has 0 atom stereocenters. The lowest BCUT2D eigenvalue weighted by Gasteiger charge is -2.18. The Labute approximate surface area is 149 Å². The van der Waals surface area contributed by atoms with Gasteiger partial charge in [0.1, 0.15) is 23.1 Å². The highest BCUT2D eigenvalue weighted by molar-refractivity contribution is 6.00. The normalized spacial score (nSPS) is 14.7. The Hall–Kier alpha value is -3.40. The number of fused-ring (bicyclic) bond motifs is 1. The molecular formula is C19H16FN5O. The van der Waals surface area contributed by atoms with Gasteiger partial charge in [0, 0.05) is 24.3 Å². The highest BCUT2D eigenvalue weighted by atomic mass is 19.1. The zero-order chi connectivity index (χ0) is 18.3. The lowest BCUT2D eigenvalue weighted by Crippen LogP contribution is -2.40. The molecule has 1 fully saturated rings. The Morgan fingerprint density at radius 1 is 1.35 bits per heavy atom. The number of nitriles is 1. The van der Waals surface area contributed by atoms with Crippen molar-refractivity contribution in [3.8, 4) is 17.3 Å². The van der Waals surface area contributed by atoms with Gasteiger partial charge in [-0.25, -0.2) is 9.37 Å². The van der Waals surface area contributed by atoms with E-state index in [4.69, 9.17) is 0 Å². The van der Waals surface area contributed by atoms with Gasteiger partial charge in [-0.2, -0.15) is 5.26 Å². The van der Waals surface area contributed by atoms with Gasteiger partial charge in [0.15, 0.2) is 0 Å². The Morgan fingerprint density at radius 3 is 2.69 bits per heavy atom. The third-order valence-corrected chi connectivity index (χ3v) is 4.71. The van der Waals surface area contributed by atoms with Gasteiger partial charge < -0.3 is 15.6 Å². The summed E-state index contributed by atoms with van der Waals surface area (Å²) in [5.41, 5.74) is 2.44. The van der Waals surface area contributed by atoms with Gasteiger partial charge in [-0.15, -0.1) is 0 Å². The maximum atomic E-state index is 13.2. The van der Waals surface area contributed by atoms with Crippen molar-refractivity contribution < 1.29 is 9.18 Å². The maximum Gasteiger partial charge on any atom is 0.245 e. The van der Waals surface area contributed by atoms with Crippen molar-refractivity contribution in [3.63, 3.8) is 0 Å². The first kappa shape index (κ1) is 16.1. The van der Waals surface area contributed by atoms with E-state index in [1.165, 1.54) is 18.3 Å². The largest absolute Gasteiger partial charge is 0.369 e. The number of rotatable bonds is 4. The van der Waals surface area contributed by atoms with E-state index in [2.05, 4.69) is 26.7 Å². The fraction of sp³-hybridized carbons (Fsp3) is 0.211. The average Bonchev–Trinajstić information content (AvgIpc) is 3.31. The first-order chi connectivity index (χ1) is 12.6. The van der Waals surface area contributed by atoms with Gasteiger partial charge in [-0.3, -0.25) is 4.79 Å². The summed E-state index contributed by atoms with van der Waals surface area (Å²) in [6, 6.07) is 10.1. The van der Waals surface area contributed by atoms with Crippen LogP contribution in [0.4, 0.5) is 10.1 Å². The number of likely N-dealkylation sites (N-methyl/N-ethyl adjacent to an activating group) is 1. The molecule has 0 unspecified atom stereocenters. The lowest BCUT2D eigenvalue weighted by molar-refractivity contribution is -0.122. The number of amides is 1. The van der Waals surface area contributed by atoms with Gasteiger partial charge in [0.05, 0.1) is 11.3 Å². The molecule has 0 aliphatic heterocycles. The van der Waals surface area contributed by atoms with Crippen molar-refractivity contribution in [2.75, 3.05) is 12.4 Å². The van der Waals surface area contributed by atoms with Gasteiger partial charge in [-0.05, 0) is 48.7 Å². The molecule has 26 heavy (non-hydrogen) atoms. The van der Waals surface area contributed by atoms with Crippen LogP contribution in [0, 0.1) is 17.1 Å². The summed E-state index contributed by atoms with van der Waals surface area (Å²) in [6.45, 7) is 0. The summed E-state index contributed by atoms with van der Waals surface area (Å²) in [5, 5.41) is 16.1. The minimum absolute atomic E-state index is 0.0966. The molecule has 6 nitrogen and oxygen atoms in total. The zero-order valence-electron chi connectivity index (χ0n) is 14.1. The van der Waals surface area contributed by atoms with Crippen LogP contribution in [0.25, 0.3) is 22.3 Å². The third-order valence-electron chi connectivity index (χ3n) is 4.71. The molecule has 1 saturated carbocycles. The first-order valence-corrected chi connectivity index (χ1v) is 8.24. The summed E-state index contributed by atoms with van der Waals surface area (Å²) >= 11 is 0. The molecule has 1 aliphatic carbocycles. The molecule has 130 valence electrons. The predicted molar refractivity (Wildman–Crippen MR) is 95.9 cm³/mol. The van der Waals surface area contributed by atoms with Crippen molar-refractivity contribution in [2.24, 2.45) is 0 Å². The van der Waals surface area contributed by atoms with E-state index >= 15 is 0 Å². The quantitative estimate of drug-likeness (QED) is 0.675. The molecular weight excluding hydrogens is 333 g/mol. The summed E-state index contributed by atoms with van der Waals surface area (Å²) < 4.78 is 13.2. The van der Waals surface area contributed by atoms with Crippen LogP contribution < -0.4 is 10.6 Å². The van der Waals surface area contributed by atoms with Gasteiger partial charge >= 0.3 is 0 Å². The van der Waals surface area contributed by atoms with Crippen molar-refractivity contribution >= 4 is 22.6 Å². The van der Waals surface area contributed by atoms with E-state index in [-0.39, 0.29) is 11.7 Å². The van der Waals surface area contributed by atoms with Crippen LogP contribution in [0.2, 0.25) is 0 Å². The second-order valence-electron chi connectivity index (χ2n) is 6.40. The maximum absolute atomic E-state index is 13.2. The number of carbonyl (C=O) groups excluding carboxylic acids is 1. The Balaban J connectivity index is 1.82. The zero-order valence-corrected chi connectivity index (χ0v) is 14.1. The van der Waals surface area contributed by atoms with Crippen LogP contribution in [0.5, 0.6) is 0 Å². The minimum atomic E-state index is -0.679. The minimum Gasteiger partial charge on any atom is -0.369 e. The highest BCUT2D eigenvalue weighted by Crippen LogP contribution is 2.42. The summed E-state index contributed by atoms with van der Waals surface area (Å²) in [4.78, 5) is 19.7. The third kappa shape index (κ3) is 2.56. The van der Waals surface area contributed by atoms with Crippen LogP contribution in [-0.2, 0) is 4.79 Å². The number of anilines is 1. The monoisotopic (exact) mass is 349 g/mol. The van der Waals surface area contributed by atoms with E-state index in [0.29, 0.717) is 29.7 Å². The molecule has 0 bridgehead atoms. The standard InChI is InChI=1S/C19H16FN5O/c1-22-18(26)19(6-7-19)25-16-12(9-21)10-23-17-14(16)8-15(24-17)11-2-4-13(20)5-3-11/h2-5,8,10H,6-7H2,1H3,(H,22,26)(H2,23,24,25). The Bertz CT molecular complexity index is 1040. The van der Waals surface area contributed by atoms with Gasteiger partial charge in [0.2, 0.25) is 5.91 Å². The number of nitrogens with one attached hydrogen (secondary N) is 3. The smallest absolute Gasteiger partial charge is 0.245 e. The molecule has 1 amide bonds. The first-order valence-electron chi connectivity index (χ1n) is 8.24. The number of hydrogen-bond donors (Lipinski definition) is 3. The number of carbonyl (C=O) groups is 1. The predicted octanol–water partition coefficient (Wildman–Crippen LogP) is 2.93. The number of hydrogen-bond acceptors (Lipinski definition) is 4. The second-order valence-corrected chi connectivity index (χ2v) is 6.40. The Kier molecular flexibility index (Phi) is 3.62. The molecule has 1 aromatic carbocycles. The summed E-state index contributed by atoms with van der Waals surface area (Å²) in [7, 11) is 1.60. The van der Waals surface area contributed by atoms with Crippen molar-refractivity contribution in [2.45, 2.75) is 18.4 Å². The topological polar surface area (TPSA) is 93.6 Å². The molecule has 3 N–H and O–H groups in total. The molecule has 0 spiro atoms. The molecule has 2 heterocycles. The van der Waals surface area contributed by atoms with Gasteiger partial charge in [0.25, 0.3) is 0 Å². The number of pyridine rings is 1. The fourth-order valence-corrected chi connectivity index (χ4v) is 3.09. The van der Waals surface area contributed by atoms with Crippen molar-refractivity contribution in [3.05, 3.63) is 47.9 Å². The molecule has 1 aliphatic rings. The number of benzene rings is 1. The number of aromatic amines is 1. The molecule has 4 rings (SSSR count). The molecule has 7 heteroatoms.